The molecular weight excluding hydrogens is 238 g/mol. The highest BCUT2D eigenvalue weighted by atomic mass is 16.4. The van der Waals surface area contributed by atoms with Gasteiger partial charge in [-0.15, -0.1) is 0 Å². The summed E-state index contributed by atoms with van der Waals surface area (Å²) in [6, 6.07) is -1.59. The molecule has 104 valence electrons. The summed E-state index contributed by atoms with van der Waals surface area (Å²) in [5.41, 5.74) is 0. The van der Waals surface area contributed by atoms with E-state index < -0.39 is 18.0 Å². The molecule has 0 saturated heterocycles. The predicted octanol–water partition coefficient (Wildman–Crippen LogP) is 0.0635. The summed E-state index contributed by atoms with van der Waals surface area (Å²) in [5, 5.41) is 16.0. The first-order chi connectivity index (χ1) is 8.36. The molecule has 3 amide bonds. The average molecular weight is 259 g/mol. The van der Waals surface area contributed by atoms with Gasteiger partial charge < -0.3 is 21.1 Å². The van der Waals surface area contributed by atoms with E-state index in [0.717, 1.165) is 0 Å². The van der Waals surface area contributed by atoms with E-state index in [1.807, 2.05) is 6.92 Å². The van der Waals surface area contributed by atoms with Gasteiger partial charge in [0, 0.05) is 6.04 Å². The summed E-state index contributed by atoms with van der Waals surface area (Å²) < 4.78 is 0. The molecule has 0 heterocycles. The molecule has 18 heavy (non-hydrogen) atoms. The zero-order valence-corrected chi connectivity index (χ0v) is 10.9. The average Bonchev–Trinajstić information content (AvgIpc) is 2.24. The van der Waals surface area contributed by atoms with Gasteiger partial charge in [0.1, 0.15) is 6.04 Å². The Hall–Kier alpha value is -1.79. The highest BCUT2D eigenvalue weighted by molar-refractivity contribution is 5.86. The molecule has 7 nitrogen and oxygen atoms in total. The first-order valence-electron chi connectivity index (χ1n) is 5.93. The third-order valence-corrected chi connectivity index (χ3v) is 2.04. The summed E-state index contributed by atoms with van der Waals surface area (Å²) >= 11 is 0. The Morgan fingerprint density at radius 1 is 1.17 bits per heavy atom. The lowest BCUT2D eigenvalue weighted by Gasteiger charge is -2.14. The van der Waals surface area contributed by atoms with Crippen molar-refractivity contribution in [3.8, 4) is 0 Å². The molecular formula is C11H21N3O4. The minimum atomic E-state index is -1.08. The third-order valence-electron chi connectivity index (χ3n) is 2.04. The van der Waals surface area contributed by atoms with Crippen LogP contribution in [0.25, 0.3) is 0 Å². The lowest BCUT2D eigenvalue weighted by atomic mass is 10.2. The highest BCUT2D eigenvalue weighted by Crippen LogP contribution is 1.96. The zero-order chi connectivity index (χ0) is 14.1. The van der Waals surface area contributed by atoms with Gasteiger partial charge >= 0.3 is 12.0 Å². The summed E-state index contributed by atoms with van der Waals surface area (Å²) in [6.07, 6.45) is 0.992. The van der Waals surface area contributed by atoms with Gasteiger partial charge in [-0.25, -0.2) is 9.59 Å². The van der Waals surface area contributed by atoms with Crippen LogP contribution in [0, 0.1) is 0 Å². The van der Waals surface area contributed by atoms with Crippen LogP contribution in [0.15, 0.2) is 0 Å². The zero-order valence-electron chi connectivity index (χ0n) is 10.9. The normalized spacial score (nSPS) is 11.8. The largest absolute Gasteiger partial charge is 0.480 e. The van der Waals surface area contributed by atoms with Gasteiger partial charge in [0.05, 0.1) is 6.54 Å². The maximum atomic E-state index is 11.4. The Bertz CT molecular complexity index is 305. The SMILES string of the molecule is CCC[C@@H](NC(=O)NCC(=O)NC(C)C)C(=O)O. The van der Waals surface area contributed by atoms with Crippen molar-refractivity contribution in [1.82, 2.24) is 16.0 Å². The van der Waals surface area contributed by atoms with Crippen LogP contribution in [0.1, 0.15) is 33.6 Å². The minimum absolute atomic E-state index is 0.00535. The number of hydrogen-bond donors (Lipinski definition) is 4. The summed E-state index contributed by atoms with van der Waals surface area (Å²) in [6.45, 7) is 5.26. The number of amides is 3. The van der Waals surface area contributed by atoms with E-state index in [4.69, 9.17) is 5.11 Å². The van der Waals surface area contributed by atoms with E-state index in [0.29, 0.717) is 12.8 Å². The fraction of sp³-hybridized carbons (Fsp3) is 0.727. The highest BCUT2D eigenvalue weighted by Gasteiger charge is 2.18. The van der Waals surface area contributed by atoms with E-state index in [1.165, 1.54) is 0 Å². The summed E-state index contributed by atoms with van der Waals surface area (Å²) in [5.74, 6) is -1.40. The molecule has 0 saturated carbocycles. The minimum Gasteiger partial charge on any atom is -0.480 e. The molecule has 0 aromatic carbocycles. The van der Waals surface area contributed by atoms with Crippen molar-refractivity contribution in [2.75, 3.05) is 6.54 Å². The molecule has 7 heteroatoms. The maximum Gasteiger partial charge on any atom is 0.326 e. The topological polar surface area (TPSA) is 108 Å². The van der Waals surface area contributed by atoms with E-state index >= 15 is 0 Å². The number of aliphatic carboxylic acids is 1. The van der Waals surface area contributed by atoms with Gasteiger partial charge in [-0.3, -0.25) is 4.79 Å². The molecule has 0 rings (SSSR count). The van der Waals surface area contributed by atoms with Gasteiger partial charge in [0.15, 0.2) is 0 Å². The van der Waals surface area contributed by atoms with Crippen LogP contribution in [0.5, 0.6) is 0 Å². The summed E-state index contributed by atoms with van der Waals surface area (Å²) in [4.78, 5) is 33.4. The Labute approximate surface area is 106 Å². The number of rotatable bonds is 7. The number of carboxylic acid groups (broad SMARTS) is 1. The molecule has 0 aromatic heterocycles. The first-order valence-corrected chi connectivity index (χ1v) is 5.93. The Kier molecular flexibility index (Phi) is 7.50. The van der Waals surface area contributed by atoms with Crippen LogP contribution in [0.3, 0.4) is 0 Å². The fourth-order valence-electron chi connectivity index (χ4n) is 1.29. The second kappa shape index (κ2) is 8.32. The van der Waals surface area contributed by atoms with Crippen molar-refractivity contribution in [3.05, 3.63) is 0 Å². The Balaban J connectivity index is 4.02. The van der Waals surface area contributed by atoms with Gasteiger partial charge in [-0.1, -0.05) is 13.3 Å². The molecule has 0 fully saturated rings. The van der Waals surface area contributed by atoms with Gasteiger partial charge in [0.25, 0.3) is 0 Å². The lowest BCUT2D eigenvalue weighted by Crippen LogP contribution is -2.48. The van der Waals surface area contributed by atoms with Crippen LogP contribution in [-0.4, -0.2) is 41.6 Å². The molecule has 0 unspecified atom stereocenters. The van der Waals surface area contributed by atoms with Gasteiger partial charge in [-0.2, -0.15) is 0 Å². The number of hydrogen-bond acceptors (Lipinski definition) is 3. The molecule has 0 radical (unpaired) electrons. The van der Waals surface area contributed by atoms with Crippen LogP contribution in [0.4, 0.5) is 4.79 Å². The second-order valence-electron chi connectivity index (χ2n) is 4.23. The molecule has 0 bridgehead atoms. The lowest BCUT2D eigenvalue weighted by molar-refractivity contribution is -0.139. The Morgan fingerprint density at radius 3 is 2.22 bits per heavy atom. The van der Waals surface area contributed by atoms with Crippen molar-refractivity contribution in [1.29, 1.82) is 0 Å². The van der Waals surface area contributed by atoms with Crippen LogP contribution >= 0.6 is 0 Å². The van der Waals surface area contributed by atoms with Crippen molar-refractivity contribution < 1.29 is 19.5 Å². The molecule has 1 atom stereocenters. The van der Waals surface area contributed by atoms with Crippen molar-refractivity contribution in [2.45, 2.75) is 45.7 Å². The quantitative estimate of drug-likeness (QED) is 0.518. The van der Waals surface area contributed by atoms with Crippen LogP contribution in [0.2, 0.25) is 0 Å². The molecule has 0 spiro atoms. The molecule has 0 aliphatic rings. The van der Waals surface area contributed by atoms with Crippen LogP contribution in [-0.2, 0) is 9.59 Å². The van der Waals surface area contributed by atoms with Crippen molar-refractivity contribution in [3.63, 3.8) is 0 Å². The molecule has 4 N–H and O–H groups in total. The van der Waals surface area contributed by atoms with Crippen molar-refractivity contribution >= 4 is 17.9 Å². The standard InChI is InChI=1S/C11H21N3O4/c1-4-5-8(10(16)17)14-11(18)12-6-9(15)13-7(2)3/h7-8H,4-6H2,1-3H3,(H,13,15)(H,16,17)(H2,12,14,18)/t8-/m1/s1. The maximum absolute atomic E-state index is 11.4. The van der Waals surface area contributed by atoms with Crippen LogP contribution < -0.4 is 16.0 Å². The summed E-state index contributed by atoms with van der Waals surface area (Å²) in [7, 11) is 0. The number of carboxylic acids is 1. The number of carbonyl (C=O) groups excluding carboxylic acids is 2. The molecule has 0 aliphatic carbocycles. The molecule has 0 aliphatic heterocycles. The monoisotopic (exact) mass is 259 g/mol. The third kappa shape index (κ3) is 7.48. The number of carbonyl (C=O) groups is 3. The van der Waals surface area contributed by atoms with E-state index in [2.05, 4.69) is 16.0 Å². The van der Waals surface area contributed by atoms with E-state index in [9.17, 15) is 14.4 Å². The van der Waals surface area contributed by atoms with E-state index in [1.54, 1.807) is 13.8 Å². The number of urea groups is 1. The fourth-order valence-corrected chi connectivity index (χ4v) is 1.29. The predicted molar refractivity (Wildman–Crippen MR) is 66.1 cm³/mol. The van der Waals surface area contributed by atoms with Crippen molar-refractivity contribution in [2.24, 2.45) is 0 Å². The van der Waals surface area contributed by atoms with E-state index in [-0.39, 0.29) is 18.5 Å². The Morgan fingerprint density at radius 2 is 1.78 bits per heavy atom. The van der Waals surface area contributed by atoms with Gasteiger partial charge in [-0.05, 0) is 20.3 Å². The first kappa shape index (κ1) is 16.2. The smallest absolute Gasteiger partial charge is 0.326 e. The molecule has 0 aromatic rings. The second-order valence-corrected chi connectivity index (χ2v) is 4.23. The van der Waals surface area contributed by atoms with Gasteiger partial charge in [0.2, 0.25) is 5.91 Å². The number of nitrogens with one attached hydrogen (secondary N) is 3.